The molecule has 2 N–H and O–H groups in total. The molecule has 2 atom stereocenters. The maximum Gasteiger partial charge on any atom is 0.305 e. The summed E-state index contributed by atoms with van der Waals surface area (Å²) >= 11 is 0. The minimum Gasteiger partial charge on any atom is -0.481 e. The highest BCUT2D eigenvalue weighted by atomic mass is 19.1. The van der Waals surface area contributed by atoms with Crippen LogP contribution in [0, 0.1) is 0 Å². The predicted octanol–water partition coefficient (Wildman–Crippen LogP) is 0.462. The average Bonchev–Trinajstić information content (AvgIpc) is 2.58. The monoisotopic (exact) mass is 336 g/mol. The number of carbonyl (C=O) groups is 4. The molecule has 1 heterocycles. The van der Waals surface area contributed by atoms with Gasteiger partial charge in [0.15, 0.2) is 5.78 Å². The van der Waals surface area contributed by atoms with E-state index in [4.69, 9.17) is 5.11 Å². The lowest BCUT2D eigenvalue weighted by atomic mass is 9.95. The molecule has 0 aliphatic carbocycles. The number of rotatable bonds is 7. The van der Waals surface area contributed by atoms with Crippen LogP contribution in [0.4, 0.5) is 10.1 Å². The number of hydrogen-bond acceptors (Lipinski definition) is 4. The molecule has 2 unspecified atom stereocenters. The Morgan fingerprint density at radius 1 is 1.38 bits per heavy atom. The lowest BCUT2D eigenvalue weighted by Gasteiger charge is -2.34. The van der Waals surface area contributed by atoms with Gasteiger partial charge in [-0.1, -0.05) is 18.2 Å². The summed E-state index contributed by atoms with van der Waals surface area (Å²) in [5, 5.41) is 11.0. The van der Waals surface area contributed by atoms with E-state index >= 15 is 0 Å². The fourth-order valence-corrected chi connectivity index (χ4v) is 2.74. The van der Waals surface area contributed by atoms with E-state index in [2.05, 4.69) is 5.32 Å². The van der Waals surface area contributed by atoms with E-state index in [1.54, 1.807) is 12.1 Å². The van der Waals surface area contributed by atoms with Crippen LogP contribution in [0.15, 0.2) is 24.3 Å². The molecule has 1 aromatic rings. The SMILES string of the molecule is O=CN1c2ccccc2CCC1C(=O)NC(CC(=O)O)C(=O)CF. The number of nitrogens with one attached hydrogen (secondary N) is 1. The largest absolute Gasteiger partial charge is 0.481 e. The second kappa shape index (κ2) is 7.67. The van der Waals surface area contributed by atoms with Crippen LogP contribution in [-0.4, -0.2) is 47.9 Å². The zero-order valence-corrected chi connectivity index (χ0v) is 12.8. The molecule has 8 heteroatoms. The molecule has 0 aromatic heterocycles. The van der Waals surface area contributed by atoms with Crippen LogP contribution in [0.2, 0.25) is 0 Å². The minimum absolute atomic E-state index is 0.325. The lowest BCUT2D eigenvalue weighted by molar-refractivity contribution is -0.140. The van der Waals surface area contributed by atoms with Crippen LogP contribution in [0.1, 0.15) is 18.4 Å². The number of aryl methyl sites for hydroxylation is 1. The predicted molar refractivity (Wildman–Crippen MR) is 82.3 cm³/mol. The number of para-hydroxylation sites is 1. The van der Waals surface area contributed by atoms with Gasteiger partial charge in [-0.2, -0.15) is 0 Å². The Morgan fingerprint density at radius 3 is 2.71 bits per heavy atom. The number of ketones is 1. The van der Waals surface area contributed by atoms with Crippen LogP contribution in [0.25, 0.3) is 0 Å². The van der Waals surface area contributed by atoms with Gasteiger partial charge in [0.25, 0.3) is 0 Å². The Morgan fingerprint density at radius 2 is 2.08 bits per heavy atom. The number of aliphatic carboxylic acids is 1. The number of alkyl halides is 1. The number of carboxylic acids is 1. The minimum atomic E-state index is -1.45. The third kappa shape index (κ3) is 3.76. The van der Waals surface area contributed by atoms with E-state index in [0.717, 1.165) is 5.56 Å². The molecular formula is C16H17FN2O5. The standard InChI is InChI=1S/C16H17FN2O5/c17-8-14(21)11(7-15(22)23)18-16(24)13-6-5-10-3-1-2-4-12(10)19(13)9-20/h1-4,9,11,13H,5-8H2,(H,18,24)(H,22,23). The van der Waals surface area contributed by atoms with Gasteiger partial charge in [0, 0.05) is 5.69 Å². The van der Waals surface area contributed by atoms with Gasteiger partial charge < -0.3 is 15.3 Å². The summed E-state index contributed by atoms with van der Waals surface area (Å²) in [4.78, 5) is 47.3. The Balaban J connectivity index is 2.18. The second-order valence-electron chi connectivity index (χ2n) is 5.45. The molecule has 1 aliphatic heterocycles. The second-order valence-corrected chi connectivity index (χ2v) is 5.45. The van der Waals surface area contributed by atoms with Crippen LogP contribution in [0.3, 0.4) is 0 Å². The van der Waals surface area contributed by atoms with Crippen molar-refractivity contribution in [3.8, 4) is 0 Å². The van der Waals surface area contributed by atoms with Crippen molar-refractivity contribution in [3.05, 3.63) is 29.8 Å². The average molecular weight is 336 g/mol. The van der Waals surface area contributed by atoms with E-state index in [1.165, 1.54) is 4.90 Å². The van der Waals surface area contributed by atoms with Gasteiger partial charge in [0.2, 0.25) is 12.3 Å². The zero-order valence-electron chi connectivity index (χ0n) is 12.8. The van der Waals surface area contributed by atoms with Crippen LogP contribution >= 0.6 is 0 Å². The molecule has 1 aromatic carbocycles. The number of amides is 2. The zero-order chi connectivity index (χ0) is 17.7. The van der Waals surface area contributed by atoms with Gasteiger partial charge in [-0.25, -0.2) is 4.39 Å². The van der Waals surface area contributed by atoms with Crippen LogP contribution in [-0.2, 0) is 25.6 Å². The number of carbonyl (C=O) groups excluding carboxylic acids is 3. The number of nitrogens with zero attached hydrogens (tertiary/aromatic N) is 1. The van der Waals surface area contributed by atoms with E-state index < -0.39 is 42.8 Å². The first kappa shape index (κ1) is 17.6. The van der Waals surface area contributed by atoms with Crippen LogP contribution < -0.4 is 10.2 Å². The molecule has 128 valence electrons. The normalized spacial score (nSPS) is 17.5. The van der Waals surface area contributed by atoms with Gasteiger partial charge >= 0.3 is 5.97 Å². The highest BCUT2D eigenvalue weighted by Gasteiger charge is 2.34. The molecule has 7 nitrogen and oxygen atoms in total. The molecule has 0 radical (unpaired) electrons. The van der Waals surface area contributed by atoms with Crippen molar-refractivity contribution in [1.29, 1.82) is 0 Å². The number of anilines is 1. The molecule has 0 saturated heterocycles. The number of fused-ring (bicyclic) bond motifs is 1. The van der Waals surface area contributed by atoms with E-state index in [-0.39, 0.29) is 0 Å². The van der Waals surface area contributed by atoms with Crippen molar-refractivity contribution >= 4 is 29.8 Å². The number of halogens is 1. The third-order valence-corrected chi connectivity index (χ3v) is 3.92. The molecule has 0 fully saturated rings. The third-order valence-electron chi connectivity index (χ3n) is 3.92. The van der Waals surface area contributed by atoms with E-state index in [9.17, 15) is 23.6 Å². The summed E-state index contributed by atoms with van der Waals surface area (Å²) in [5.74, 6) is -3.02. The van der Waals surface area contributed by atoms with Crippen LogP contribution in [0.5, 0.6) is 0 Å². The van der Waals surface area contributed by atoms with E-state index in [1.807, 2.05) is 12.1 Å². The molecule has 24 heavy (non-hydrogen) atoms. The highest BCUT2D eigenvalue weighted by molar-refractivity contribution is 5.97. The van der Waals surface area contributed by atoms with Crippen molar-refractivity contribution < 1.29 is 28.7 Å². The number of Topliss-reactive ketones (excluding diaryl/α,β-unsaturated/α-hetero) is 1. The van der Waals surface area contributed by atoms with Crippen molar-refractivity contribution in [2.24, 2.45) is 0 Å². The Hall–Kier alpha value is -2.77. The Kier molecular flexibility index (Phi) is 5.62. The summed E-state index contributed by atoms with van der Waals surface area (Å²) in [6.07, 6.45) is 0.689. The number of hydrogen-bond donors (Lipinski definition) is 2. The first-order chi connectivity index (χ1) is 11.5. The molecule has 1 aliphatic rings. The number of carboxylic acid groups (broad SMARTS) is 1. The smallest absolute Gasteiger partial charge is 0.305 e. The van der Waals surface area contributed by atoms with Gasteiger partial charge in [0.05, 0.1) is 6.42 Å². The van der Waals surface area contributed by atoms with Crippen molar-refractivity contribution in [2.75, 3.05) is 11.6 Å². The van der Waals surface area contributed by atoms with Gasteiger partial charge in [-0.15, -0.1) is 0 Å². The van der Waals surface area contributed by atoms with Crippen molar-refractivity contribution in [1.82, 2.24) is 5.32 Å². The Bertz CT molecular complexity index is 664. The molecule has 2 rings (SSSR count). The molecule has 0 saturated carbocycles. The maximum absolute atomic E-state index is 12.6. The summed E-state index contributed by atoms with van der Waals surface area (Å²) < 4.78 is 12.6. The quantitative estimate of drug-likeness (QED) is 0.704. The van der Waals surface area contributed by atoms with Gasteiger partial charge in [0.1, 0.15) is 18.8 Å². The molecule has 2 amide bonds. The summed E-state index contributed by atoms with van der Waals surface area (Å²) in [6, 6.07) is 4.78. The maximum atomic E-state index is 12.6. The topological polar surface area (TPSA) is 104 Å². The lowest BCUT2D eigenvalue weighted by Crippen LogP contribution is -2.53. The van der Waals surface area contributed by atoms with Crippen molar-refractivity contribution in [3.63, 3.8) is 0 Å². The fraction of sp³-hybridized carbons (Fsp3) is 0.375. The number of benzene rings is 1. The first-order valence-electron chi connectivity index (χ1n) is 7.40. The summed E-state index contributed by atoms with van der Waals surface area (Å²) in [7, 11) is 0. The summed E-state index contributed by atoms with van der Waals surface area (Å²) in [6.45, 7) is -1.37. The molecule has 0 bridgehead atoms. The van der Waals surface area contributed by atoms with Gasteiger partial charge in [-0.3, -0.25) is 19.2 Å². The molecule has 0 spiro atoms. The van der Waals surface area contributed by atoms with Gasteiger partial charge in [-0.05, 0) is 24.5 Å². The fourth-order valence-electron chi connectivity index (χ4n) is 2.74. The first-order valence-corrected chi connectivity index (χ1v) is 7.40. The van der Waals surface area contributed by atoms with Crippen molar-refractivity contribution in [2.45, 2.75) is 31.3 Å². The summed E-state index contributed by atoms with van der Waals surface area (Å²) in [5.41, 5.74) is 1.50. The highest BCUT2D eigenvalue weighted by Crippen LogP contribution is 2.29. The van der Waals surface area contributed by atoms with E-state index in [0.29, 0.717) is 24.9 Å². The Labute approximate surface area is 137 Å². The molecular weight excluding hydrogens is 319 g/mol.